The van der Waals surface area contributed by atoms with E-state index in [4.69, 9.17) is 0 Å². The molecule has 0 saturated carbocycles. The molecule has 4 rings (SSSR count). The molecule has 120 valence electrons. The maximum atomic E-state index is 4.34. The van der Waals surface area contributed by atoms with Gasteiger partial charge in [0.05, 0.1) is 6.54 Å². The molecule has 4 heterocycles. The lowest BCUT2D eigenvalue weighted by Gasteiger charge is -2.48. The first-order chi connectivity index (χ1) is 11.4. The Bertz CT molecular complexity index is 607. The number of nitrogens with zero attached hydrogens (tertiary/aromatic N) is 7. The molecule has 2 aromatic heterocycles. The molecule has 0 unspecified atom stereocenters. The molecule has 0 atom stereocenters. The van der Waals surface area contributed by atoms with Gasteiger partial charge in [0.25, 0.3) is 0 Å². The Kier molecular flexibility index (Phi) is 4.12. The van der Waals surface area contributed by atoms with Gasteiger partial charge in [-0.05, 0) is 12.1 Å². The molecule has 2 aliphatic heterocycles. The van der Waals surface area contributed by atoms with Crippen LogP contribution in [0.25, 0.3) is 0 Å². The average molecular weight is 311 g/mol. The number of anilines is 1. The summed E-state index contributed by atoms with van der Waals surface area (Å²) in [6.45, 7) is 7.25. The van der Waals surface area contributed by atoms with Gasteiger partial charge in [0.1, 0.15) is 5.82 Å². The minimum absolute atomic E-state index is 0.664. The SMILES string of the molecule is c1cnc(CN2CC(N3CCN(c4ncccn4)CC3)C2)nc1. The van der Waals surface area contributed by atoms with Crippen LogP contribution >= 0.6 is 0 Å². The molecule has 0 amide bonds. The molecule has 2 fully saturated rings. The van der Waals surface area contributed by atoms with Crippen molar-refractivity contribution in [3.8, 4) is 0 Å². The Hall–Kier alpha value is -2.12. The topological polar surface area (TPSA) is 61.3 Å². The van der Waals surface area contributed by atoms with Crippen molar-refractivity contribution < 1.29 is 0 Å². The smallest absolute Gasteiger partial charge is 0.225 e. The van der Waals surface area contributed by atoms with Gasteiger partial charge in [0, 0.05) is 70.1 Å². The normalized spacial score (nSPS) is 20.4. The monoisotopic (exact) mass is 311 g/mol. The molecule has 0 aliphatic carbocycles. The average Bonchev–Trinajstić information content (AvgIpc) is 2.60. The van der Waals surface area contributed by atoms with Gasteiger partial charge >= 0.3 is 0 Å². The molecule has 0 bridgehead atoms. The molecule has 0 N–H and O–H groups in total. The minimum Gasteiger partial charge on any atom is -0.338 e. The Morgan fingerprint density at radius 1 is 0.826 bits per heavy atom. The molecular formula is C16H21N7. The second-order valence-corrected chi connectivity index (χ2v) is 6.08. The number of likely N-dealkylation sites (tertiary alicyclic amines) is 1. The summed E-state index contributed by atoms with van der Waals surface area (Å²) < 4.78 is 0. The summed E-state index contributed by atoms with van der Waals surface area (Å²) in [5.41, 5.74) is 0. The first kappa shape index (κ1) is 14.5. The van der Waals surface area contributed by atoms with Crippen LogP contribution in [0, 0.1) is 0 Å². The van der Waals surface area contributed by atoms with Crippen molar-refractivity contribution in [2.45, 2.75) is 12.6 Å². The molecule has 23 heavy (non-hydrogen) atoms. The third kappa shape index (κ3) is 3.30. The van der Waals surface area contributed by atoms with E-state index in [1.165, 1.54) is 0 Å². The van der Waals surface area contributed by atoms with Crippen LogP contribution in [0.5, 0.6) is 0 Å². The van der Waals surface area contributed by atoms with Gasteiger partial charge in [-0.3, -0.25) is 9.80 Å². The maximum Gasteiger partial charge on any atom is 0.225 e. The van der Waals surface area contributed by atoms with E-state index in [1.807, 2.05) is 36.9 Å². The van der Waals surface area contributed by atoms with Gasteiger partial charge in [-0.15, -0.1) is 0 Å². The number of aromatic nitrogens is 4. The summed E-state index contributed by atoms with van der Waals surface area (Å²) in [6, 6.07) is 4.38. The minimum atomic E-state index is 0.664. The zero-order valence-corrected chi connectivity index (χ0v) is 13.1. The lowest BCUT2D eigenvalue weighted by atomic mass is 10.1. The number of hydrogen-bond acceptors (Lipinski definition) is 7. The first-order valence-electron chi connectivity index (χ1n) is 8.13. The Balaban J connectivity index is 1.23. The number of hydrogen-bond donors (Lipinski definition) is 0. The fourth-order valence-corrected chi connectivity index (χ4v) is 3.26. The first-order valence-corrected chi connectivity index (χ1v) is 8.13. The van der Waals surface area contributed by atoms with Crippen molar-refractivity contribution in [2.75, 3.05) is 44.2 Å². The summed E-state index contributed by atoms with van der Waals surface area (Å²) in [5.74, 6) is 1.76. The van der Waals surface area contributed by atoms with Crippen LogP contribution < -0.4 is 4.90 Å². The summed E-state index contributed by atoms with van der Waals surface area (Å²) >= 11 is 0. The summed E-state index contributed by atoms with van der Waals surface area (Å²) in [7, 11) is 0. The lowest BCUT2D eigenvalue weighted by Crippen LogP contribution is -2.62. The Labute approximate surface area is 136 Å². The molecule has 7 heteroatoms. The molecule has 0 aromatic carbocycles. The summed E-state index contributed by atoms with van der Waals surface area (Å²) in [4.78, 5) is 24.5. The van der Waals surface area contributed by atoms with E-state index in [2.05, 4.69) is 34.6 Å². The standard InChI is InChI=1S/C16H21N7/c1-3-17-15(18-4-1)13-21-11-14(12-21)22-7-9-23(10-8-22)16-19-5-2-6-20-16/h1-6,14H,7-13H2. The number of rotatable bonds is 4. The van der Waals surface area contributed by atoms with Crippen LogP contribution in [0.4, 0.5) is 5.95 Å². The van der Waals surface area contributed by atoms with Crippen LogP contribution in [0.3, 0.4) is 0 Å². The zero-order valence-electron chi connectivity index (χ0n) is 13.1. The Morgan fingerprint density at radius 3 is 2.09 bits per heavy atom. The number of piperazine rings is 1. The lowest BCUT2D eigenvalue weighted by molar-refractivity contribution is 0.0239. The molecule has 2 saturated heterocycles. The second-order valence-electron chi connectivity index (χ2n) is 6.08. The third-order valence-electron chi connectivity index (χ3n) is 4.59. The highest BCUT2D eigenvalue weighted by molar-refractivity contribution is 5.29. The van der Waals surface area contributed by atoms with Crippen molar-refractivity contribution >= 4 is 5.95 Å². The fraction of sp³-hybridized carbons (Fsp3) is 0.500. The van der Waals surface area contributed by atoms with Crippen LogP contribution in [0.2, 0.25) is 0 Å². The molecular weight excluding hydrogens is 290 g/mol. The zero-order chi connectivity index (χ0) is 15.5. The largest absolute Gasteiger partial charge is 0.338 e. The molecule has 2 aliphatic rings. The summed E-state index contributed by atoms with van der Waals surface area (Å²) in [6.07, 6.45) is 7.24. The highest BCUT2D eigenvalue weighted by Crippen LogP contribution is 2.19. The maximum absolute atomic E-state index is 4.34. The Morgan fingerprint density at radius 2 is 1.43 bits per heavy atom. The fourth-order valence-electron chi connectivity index (χ4n) is 3.26. The summed E-state index contributed by atoms with van der Waals surface area (Å²) in [5, 5.41) is 0. The van der Waals surface area contributed by atoms with Gasteiger partial charge in [-0.25, -0.2) is 19.9 Å². The molecule has 2 aromatic rings. The van der Waals surface area contributed by atoms with Crippen LogP contribution in [-0.4, -0.2) is 75.0 Å². The van der Waals surface area contributed by atoms with Crippen LogP contribution in [0.15, 0.2) is 36.9 Å². The highest BCUT2D eigenvalue weighted by Gasteiger charge is 2.33. The van der Waals surface area contributed by atoms with Crippen molar-refractivity contribution in [3.63, 3.8) is 0 Å². The van der Waals surface area contributed by atoms with Crippen molar-refractivity contribution in [2.24, 2.45) is 0 Å². The van der Waals surface area contributed by atoms with E-state index >= 15 is 0 Å². The highest BCUT2D eigenvalue weighted by atomic mass is 15.4. The van der Waals surface area contributed by atoms with E-state index in [0.29, 0.717) is 6.04 Å². The van der Waals surface area contributed by atoms with Gasteiger partial charge in [-0.2, -0.15) is 0 Å². The van der Waals surface area contributed by atoms with Gasteiger partial charge in [0.15, 0.2) is 0 Å². The van der Waals surface area contributed by atoms with Crippen LogP contribution in [0.1, 0.15) is 5.82 Å². The van der Waals surface area contributed by atoms with E-state index in [-0.39, 0.29) is 0 Å². The van der Waals surface area contributed by atoms with Gasteiger partial charge < -0.3 is 4.90 Å². The van der Waals surface area contributed by atoms with Gasteiger partial charge in [0.2, 0.25) is 5.95 Å². The van der Waals surface area contributed by atoms with E-state index in [0.717, 1.165) is 57.6 Å². The second kappa shape index (κ2) is 6.55. The van der Waals surface area contributed by atoms with E-state index < -0.39 is 0 Å². The molecule has 0 spiro atoms. The molecule has 0 radical (unpaired) electrons. The van der Waals surface area contributed by atoms with Crippen molar-refractivity contribution in [1.29, 1.82) is 0 Å². The predicted octanol–water partition coefficient (Wildman–Crippen LogP) is 0.273. The molecule has 7 nitrogen and oxygen atoms in total. The van der Waals surface area contributed by atoms with E-state index in [1.54, 1.807) is 0 Å². The van der Waals surface area contributed by atoms with Crippen LogP contribution in [-0.2, 0) is 6.54 Å². The third-order valence-corrected chi connectivity index (χ3v) is 4.59. The van der Waals surface area contributed by atoms with Crippen molar-refractivity contribution in [1.82, 2.24) is 29.7 Å². The predicted molar refractivity (Wildman–Crippen MR) is 86.9 cm³/mol. The van der Waals surface area contributed by atoms with Gasteiger partial charge in [-0.1, -0.05) is 0 Å². The van der Waals surface area contributed by atoms with E-state index in [9.17, 15) is 0 Å². The quantitative estimate of drug-likeness (QED) is 0.803. The van der Waals surface area contributed by atoms with Crippen molar-refractivity contribution in [3.05, 3.63) is 42.7 Å².